The molecule has 0 fully saturated rings. The average Bonchev–Trinajstić information content (AvgIpc) is 2.99. The number of hydrogen-bond donors (Lipinski definition) is 2. The van der Waals surface area contributed by atoms with Crippen LogP contribution in [0.3, 0.4) is 0 Å². The van der Waals surface area contributed by atoms with Gasteiger partial charge in [0, 0.05) is 18.2 Å². The van der Waals surface area contributed by atoms with Gasteiger partial charge >= 0.3 is 6.18 Å². The summed E-state index contributed by atoms with van der Waals surface area (Å²) >= 11 is 0. The van der Waals surface area contributed by atoms with E-state index in [1.165, 1.54) is 24.0 Å². The van der Waals surface area contributed by atoms with E-state index < -0.39 is 41.7 Å². The first-order chi connectivity index (χ1) is 18.0. The number of nitrogens with one attached hydrogen (secondary N) is 2. The molecule has 38 heavy (non-hydrogen) atoms. The predicted octanol–water partition coefficient (Wildman–Crippen LogP) is 3.71. The topological polar surface area (TPSA) is 90.9 Å². The Kier molecular flexibility index (Phi) is 7.61. The van der Waals surface area contributed by atoms with Crippen LogP contribution in [0.2, 0.25) is 0 Å². The van der Waals surface area contributed by atoms with Crippen molar-refractivity contribution >= 4 is 29.1 Å². The highest BCUT2D eigenvalue weighted by atomic mass is 19.4. The van der Waals surface area contributed by atoms with Crippen LogP contribution < -0.4 is 15.5 Å². The number of para-hydroxylation sites is 1. The van der Waals surface area contributed by atoms with Crippen molar-refractivity contribution in [1.29, 1.82) is 0 Å². The van der Waals surface area contributed by atoms with E-state index in [4.69, 9.17) is 0 Å². The van der Waals surface area contributed by atoms with Gasteiger partial charge in [-0.05, 0) is 24.6 Å². The minimum atomic E-state index is -4.53. The smallest absolute Gasteiger partial charge is 0.344 e. The third-order valence-electron chi connectivity index (χ3n) is 6.06. The number of rotatable bonds is 6. The number of benzodiazepines with no additional fused rings is 1. The number of halogens is 3. The number of nitrogens with zero attached hydrogens (tertiary/aromatic N) is 2. The summed E-state index contributed by atoms with van der Waals surface area (Å²) in [5.41, 5.74) is 1.90. The van der Waals surface area contributed by atoms with Crippen molar-refractivity contribution in [2.45, 2.75) is 31.7 Å². The molecule has 0 saturated carbocycles. The van der Waals surface area contributed by atoms with E-state index in [1.54, 1.807) is 19.2 Å². The number of aliphatic imine (C=N–C) groups is 1. The average molecular weight is 523 g/mol. The normalized spacial score (nSPS) is 16.1. The number of amides is 3. The van der Waals surface area contributed by atoms with Crippen molar-refractivity contribution in [3.8, 4) is 0 Å². The zero-order valence-electron chi connectivity index (χ0n) is 20.6. The van der Waals surface area contributed by atoms with Gasteiger partial charge in [-0.2, -0.15) is 13.2 Å². The molecule has 1 aliphatic heterocycles. The highest BCUT2D eigenvalue weighted by molar-refractivity contribution is 6.20. The molecule has 1 aliphatic rings. The third-order valence-corrected chi connectivity index (χ3v) is 6.06. The first-order valence-electron chi connectivity index (χ1n) is 11.8. The molecule has 3 aromatic rings. The van der Waals surface area contributed by atoms with E-state index in [9.17, 15) is 27.6 Å². The molecular weight excluding hydrogens is 497 g/mol. The van der Waals surface area contributed by atoms with E-state index in [0.29, 0.717) is 17.0 Å². The van der Waals surface area contributed by atoms with Crippen LogP contribution in [0.4, 0.5) is 18.9 Å². The fourth-order valence-electron chi connectivity index (χ4n) is 4.10. The van der Waals surface area contributed by atoms with Crippen LogP contribution in [0, 0.1) is 0 Å². The predicted molar refractivity (Wildman–Crippen MR) is 137 cm³/mol. The van der Waals surface area contributed by atoms with Crippen molar-refractivity contribution in [3.05, 3.63) is 101 Å². The molecule has 10 heteroatoms. The first-order valence-corrected chi connectivity index (χ1v) is 11.8. The molecule has 196 valence electrons. The maximum atomic E-state index is 13.2. The minimum absolute atomic E-state index is 0.153. The largest absolute Gasteiger partial charge is 0.416 e. The van der Waals surface area contributed by atoms with Gasteiger partial charge in [0.1, 0.15) is 6.04 Å². The molecular formula is C28H25F3N4O3. The summed E-state index contributed by atoms with van der Waals surface area (Å²) in [6, 6.07) is 19.8. The Bertz CT molecular complexity index is 1390. The summed E-state index contributed by atoms with van der Waals surface area (Å²) in [6.45, 7) is 1.42. The summed E-state index contributed by atoms with van der Waals surface area (Å²) in [7, 11) is 1.59. The van der Waals surface area contributed by atoms with Crippen LogP contribution in [0.5, 0.6) is 0 Å². The standard InChI is InChI=1S/C28H25F3N4O3/c1-17(32-23(36)16-18-9-8-12-20(15-18)28(29,30)31)26(37)34-25-27(38)35(2)22-14-7-6-13-21(22)24(33-25)19-10-4-3-5-11-19/h3-15,17,25H,16H2,1-2H3,(H,32,36)(H,34,37)/t17-,25+/m0/s1. The molecule has 1 heterocycles. The Hall–Kier alpha value is -4.47. The molecule has 0 bridgehead atoms. The number of likely N-dealkylation sites (N-methyl/N-ethyl adjacent to an activating group) is 1. The molecule has 3 aromatic carbocycles. The van der Waals surface area contributed by atoms with Gasteiger partial charge < -0.3 is 15.5 Å². The quantitative estimate of drug-likeness (QED) is 0.517. The molecule has 0 spiro atoms. The molecule has 3 amide bonds. The van der Waals surface area contributed by atoms with Crippen LogP contribution in [-0.4, -0.2) is 42.7 Å². The van der Waals surface area contributed by atoms with Crippen molar-refractivity contribution in [3.63, 3.8) is 0 Å². The Balaban J connectivity index is 1.50. The summed E-state index contributed by atoms with van der Waals surface area (Å²) in [5, 5.41) is 5.06. The van der Waals surface area contributed by atoms with E-state index >= 15 is 0 Å². The van der Waals surface area contributed by atoms with E-state index in [1.807, 2.05) is 42.5 Å². The molecule has 0 aliphatic carbocycles. The molecule has 0 radical (unpaired) electrons. The Morgan fingerprint density at radius 3 is 2.39 bits per heavy atom. The second kappa shape index (κ2) is 10.9. The lowest BCUT2D eigenvalue weighted by molar-refractivity contribution is -0.137. The van der Waals surface area contributed by atoms with E-state index in [2.05, 4.69) is 15.6 Å². The first kappa shape index (κ1) is 26.6. The number of benzene rings is 3. The van der Waals surface area contributed by atoms with Gasteiger partial charge in [0.2, 0.25) is 18.0 Å². The second-order valence-corrected chi connectivity index (χ2v) is 8.83. The maximum Gasteiger partial charge on any atom is 0.416 e. The lowest BCUT2D eigenvalue weighted by atomic mass is 10.0. The zero-order chi connectivity index (χ0) is 27.4. The number of alkyl halides is 3. The number of hydrogen-bond acceptors (Lipinski definition) is 4. The molecule has 2 atom stereocenters. The fraction of sp³-hybridized carbons (Fsp3) is 0.214. The summed E-state index contributed by atoms with van der Waals surface area (Å²) in [4.78, 5) is 44.7. The van der Waals surface area contributed by atoms with Crippen molar-refractivity contribution < 1.29 is 27.6 Å². The van der Waals surface area contributed by atoms with Crippen molar-refractivity contribution in [2.24, 2.45) is 4.99 Å². The fourth-order valence-corrected chi connectivity index (χ4v) is 4.10. The van der Waals surface area contributed by atoms with Gasteiger partial charge in [0.05, 0.1) is 23.4 Å². The molecule has 2 N–H and O–H groups in total. The van der Waals surface area contributed by atoms with Gasteiger partial charge in [-0.25, -0.2) is 4.99 Å². The van der Waals surface area contributed by atoms with E-state index in [-0.39, 0.29) is 12.0 Å². The SMILES string of the molecule is C[C@H](NC(=O)Cc1cccc(C(F)(F)F)c1)C(=O)N[C@H]1N=C(c2ccccc2)c2ccccc2N(C)C1=O. The van der Waals surface area contributed by atoms with Crippen LogP contribution in [0.1, 0.15) is 29.2 Å². The second-order valence-electron chi connectivity index (χ2n) is 8.83. The molecule has 0 saturated heterocycles. The lowest BCUT2D eigenvalue weighted by Gasteiger charge is -2.22. The molecule has 0 unspecified atom stereocenters. The number of fused-ring (bicyclic) bond motifs is 1. The van der Waals surface area contributed by atoms with Crippen LogP contribution in [0.25, 0.3) is 0 Å². The van der Waals surface area contributed by atoms with Gasteiger partial charge in [0.25, 0.3) is 5.91 Å². The Morgan fingerprint density at radius 1 is 1.00 bits per heavy atom. The summed E-state index contributed by atoms with van der Waals surface area (Å²) < 4.78 is 38.9. The van der Waals surface area contributed by atoms with Crippen LogP contribution >= 0.6 is 0 Å². The molecule has 0 aromatic heterocycles. The number of anilines is 1. The van der Waals surface area contributed by atoms with Gasteiger partial charge in [-0.1, -0.05) is 66.7 Å². The van der Waals surface area contributed by atoms with Crippen molar-refractivity contribution in [2.75, 3.05) is 11.9 Å². The minimum Gasteiger partial charge on any atom is -0.344 e. The highest BCUT2D eigenvalue weighted by Crippen LogP contribution is 2.30. The third kappa shape index (κ3) is 5.91. The Labute approximate surface area is 217 Å². The van der Waals surface area contributed by atoms with Gasteiger partial charge in [-0.3, -0.25) is 14.4 Å². The monoisotopic (exact) mass is 522 g/mol. The van der Waals surface area contributed by atoms with Gasteiger partial charge in [-0.15, -0.1) is 0 Å². The highest BCUT2D eigenvalue weighted by Gasteiger charge is 2.33. The Morgan fingerprint density at radius 2 is 1.68 bits per heavy atom. The summed E-state index contributed by atoms with van der Waals surface area (Å²) in [5.74, 6) is -1.78. The number of carbonyl (C=O) groups excluding carboxylic acids is 3. The molecule has 7 nitrogen and oxygen atoms in total. The van der Waals surface area contributed by atoms with E-state index in [0.717, 1.165) is 17.7 Å². The van der Waals surface area contributed by atoms with Gasteiger partial charge in [0.15, 0.2) is 0 Å². The zero-order valence-corrected chi connectivity index (χ0v) is 20.6. The number of carbonyl (C=O) groups is 3. The van der Waals surface area contributed by atoms with Crippen LogP contribution in [-0.2, 0) is 27.0 Å². The maximum absolute atomic E-state index is 13.2. The van der Waals surface area contributed by atoms with Crippen LogP contribution in [0.15, 0.2) is 83.9 Å². The summed E-state index contributed by atoms with van der Waals surface area (Å²) in [6.07, 6.45) is -6.15. The lowest BCUT2D eigenvalue weighted by Crippen LogP contribution is -2.52. The van der Waals surface area contributed by atoms with Crippen molar-refractivity contribution in [1.82, 2.24) is 10.6 Å². The molecule has 4 rings (SSSR count).